The SMILES string of the molecule is Nc1cc(OC(F)(F)F)c(-c2cn[nH]c2)cn1. The molecule has 2 rings (SSSR count). The third-order valence-electron chi connectivity index (χ3n) is 1.92. The van der Waals surface area contributed by atoms with Crippen molar-refractivity contribution in [2.45, 2.75) is 6.36 Å². The lowest BCUT2D eigenvalue weighted by Gasteiger charge is -2.12. The van der Waals surface area contributed by atoms with Gasteiger partial charge in [-0.1, -0.05) is 0 Å². The van der Waals surface area contributed by atoms with E-state index in [2.05, 4.69) is 19.9 Å². The lowest BCUT2D eigenvalue weighted by molar-refractivity contribution is -0.274. The maximum absolute atomic E-state index is 12.2. The highest BCUT2D eigenvalue weighted by Crippen LogP contribution is 2.33. The Labute approximate surface area is 93.4 Å². The molecule has 17 heavy (non-hydrogen) atoms. The summed E-state index contributed by atoms with van der Waals surface area (Å²) >= 11 is 0. The van der Waals surface area contributed by atoms with Crippen LogP contribution in [0, 0.1) is 0 Å². The molecule has 2 aromatic rings. The molecule has 0 saturated carbocycles. The van der Waals surface area contributed by atoms with Crippen molar-refractivity contribution in [1.82, 2.24) is 15.2 Å². The predicted molar refractivity (Wildman–Crippen MR) is 52.9 cm³/mol. The third-order valence-corrected chi connectivity index (χ3v) is 1.92. The monoisotopic (exact) mass is 244 g/mol. The summed E-state index contributed by atoms with van der Waals surface area (Å²) in [6.45, 7) is 0. The topological polar surface area (TPSA) is 76.8 Å². The first-order chi connectivity index (χ1) is 7.96. The van der Waals surface area contributed by atoms with E-state index in [-0.39, 0.29) is 11.4 Å². The molecule has 5 nitrogen and oxygen atoms in total. The number of ether oxygens (including phenoxy) is 1. The molecule has 90 valence electrons. The molecule has 0 fully saturated rings. The fourth-order valence-electron chi connectivity index (χ4n) is 1.28. The number of nitrogens with two attached hydrogens (primary N) is 1. The molecule has 0 aliphatic carbocycles. The fraction of sp³-hybridized carbons (Fsp3) is 0.111. The Morgan fingerprint density at radius 3 is 2.65 bits per heavy atom. The van der Waals surface area contributed by atoms with Gasteiger partial charge >= 0.3 is 6.36 Å². The van der Waals surface area contributed by atoms with Crippen LogP contribution in [0.25, 0.3) is 11.1 Å². The maximum atomic E-state index is 12.2. The molecular formula is C9H7F3N4O. The van der Waals surface area contributed by atoms with Crippen molar-refractivity contribution >= 4 is 5.82 Å². The molecule has 0 aliphatic heterocycles. The number of rotatable bonds is 2. The number of nitrogens with zero attached hydrogens (tertiary/aromatic N) is 2. The van der Waals surface area contributed by atoms with Gasteiger partial charge in [0.2, 0.25) is 0 Å². The number of aromatic nitrogens is 3. The van der Waals surface area contributed by atoms with Gasteiger partial charge in [-0.15, -0.1) is 13.2 Å². The molecule has 2 aromatic heterocycles. The highest BCUT2D eigenvalue weighted by atomic mass is 19.4. The summed E-state index contributed by atoms with van der Waals surface area (Å²) in [5, 5.41) is 6.12. The fourth-order valence-corrected chi connectivity index (χ4v) is 1.28. The van der Waals surface area contributed by atoms with Crippen LogP contribution >= 0.6 is 0 Å². The van der Waals surface area contributed by atoms with Crippen LogP contribution in [0.1, 0.15) is 0 Å². The zero-order chi connectivity index (χ0) is 12.5. The predicted octanol–water partition coefficient (Wildman–Crippen LogP) is 1.95. The van der Waals surface area contributed by atoms with Crippen molar-refractivity contribution < 1.29 is 17.9 Å². The summed E-state index contributed by atoms with van der Waals surface area (Å²) in [5.74, 6) is -0.470. The minimum Gasteiger partial charge on any atom is -0.405 e. The van der Waals surface area contributed by atoms with Crippen LogP contribution in [0.3, 0.4) is 0 Å². The maximum Gasteiger partial charge on any atom is 0.573 e. The number of nitrogens with one attached hydrogen (secondary N) is 1. The van der Waals surface area contributed by atoms with Crippen LogP contribution in [0.2, 0.25) is 0 Å². The summed E-state index contributed by atoms with van der Waals surface area (Å²) in [7, 11) is 0. The number of nitrogen functional groups attached to an aromatic ring is 1. The van der Waals surface area contributed by atoms with E-state index in [1.807, 2.05) is 0 Å². The summed E-state index contributed by atoms with van der Waals surface area (Å²) < 4.78 is 40.4. The highest BCUT2D eigenvalue weighted by Gasteiger charge is 2.32. The van der Waals surface area contributed by atoms with Crippen molar-refractivity contribution in [1.29, 1.82) is 0 Å². The molecule has 0 saturated heterocycles. The first-order valence-corrected chi connectivity index (χ1v) is 4.46. The van der Waals surface area contributed by atoms with E-state index in [0.29, 0.717) is 5.56 Å². The Bertz CT molecular complexity index is 509. The third kappa shape index (κ3) is 2.65. The van der Waals surface area contributed by atoms with Crippen LogP contribution < -0.4 is 10.5 Å². The zero-order valence-corrected chi connectivity index (χ0v) is 8.32. The number of hydrogen-bond acceptors (Lipinski definition) is 4. The van der Waals surface area contributed by atoms with Gasteiger partial charge in [-0.25, -0.2) is 4.98 Å². The molecule has 0 amide bonds. The minimum atomic E-state index is -4.79. The van der Waals surface area contributed by atoms with Crippen molar-refractivity contribution in [3.05, 3.63) is 24.7 Å². The van der Waals surface area contributed by atoms with Crippen LogP contribution in [0.15, 0.2) is 24.7 Å². The Kier molecular flexibility index (Phi) is 2.62. The molecule has 0 atom stereocenters. The molecule has 0 unspecified atom stereocenters. The molecule has 8 heteroatoms. The number of H-pyrrole nitrogens is 1. The molecule has 0 bridgehead atoms. The van der Waals surface area contributed by atoms with E-state index in [1.54, 1.807) is 0 Å². The Hall–Kier alpha value is -2.25. The van der Waals surface area contributed by atoms with Gasteiger partial charge in [-0.3, -0.25) is 5.10 Å². The molecule has 0 radical (unpaired) electrons. The van der Waals surface area contributed by atoms with Crippen LogP contribution in [0.4, 0.5) is 19.0 Å². The second-order valence-electron chi connectivity index (χ2n) is 3.14. The van der Waals surface area contributed by atoms with Crippen molar-refractivity contribution in [3.8, 4) is 16.9 Å². The summed E-state index contributed by atoms with van der Waals surface area (Å²) in [4.78, 5) is 3.71. The van der Waals surface area contributed by atoms with Crippen molar-refractivity contribution in [2.75, 3.05) is 5.73 Å². The molecule has 3 N–H and O–H groups in total. The first-order valence-electron chi connectivity index (χ1n) is 4.46. The van der Waals surface area contributed by atoms with E-state index in [1.165, 1.54) is 18.6 Å². The van der Waals surface area contributed by atoms with Crippen molar-refractivity contribution in [2.24, 2.45) is 0 Å². The highest BCUT2D eigenvalue weighted by molar-refractivity contribution is 5.69. The smallest absolute Gasteiger partial charge is 0.405 e. The molecule has 2 heterocycles. The van der Waals surface area contributed by atoms with Gasteiger partial charge in [0.05, 0.1) is 6.20 Å². The number of anilines is 1. The van der Waals surface area contributed by atoms with E-state index in [0.717, 1.165) is 6.07 Å². The van der Waals surface area contributed by atoms with Gasteiger partial charge in [-0.05, 0) is 0 Å². The lowest BCUT2D eigenvalue weighted by Crippen LogP contribution is -2.18. The normalized spacial score (nSPS) is 11.5. The van der Waals surface area contributed by atoms with Gasteiger partial charge in [0.15, 0.2) is 0 Å². The van der Waals surface area contributed by atoms with Gasteiger partial charge in [0.25, 0.3) is 0 Å². The Morgan fingerprint density at radius 1 is 1.29 bits per heavy atom. The lowest BCUT2D eigenvalue weighted by atomic mass is 10.1. The summed E-state index contributed by atoms with van der Waals surface area (Å²) in [6.07, 6.45) is -0.805. The average molecular weight is 244 g/mol. The number of halogens is 3. The van der Waals surface area contributed by atoms with Gasteiger partial charge in [0.1, 0.15) is 11.6 Å². The van der Waals surface area contributed by atoms with Crippen LogP contribution in [0.5, 0.6) is 5.75 Å². The largest absolute Gasteiger partial charge is 0.573 e. The summed E-state index contributed by atoms with van der Waals surface area (Å²) in [6, 6.07) is 1.01. The van der Waals surface area contributed by atoms with Gasteiger partial charge in [0, 0.05) is 29.6 Å². The number of hydrogen-bond donors (Lipinski definition) is 2. The van der Waals surface area contributed by atoms with Crippen molar-refractivity contribution in [3.63, 3.8) is 0 Å². The zero-order valence-electron chi connectivity index (χ0n) is 8.32. The van der Waals surface area contributed by atoms with E-state index in [4.69, 9.17) is 5.73 Å². The van der Waals surface area contributed by atoms with Crippen LogP contribution in [-0.4, -0.2) is 21.5 Å². The Balaban J connectivity index is 2.45. The molecule has 0 aromatic carbocycles. The number of alkyl halides is 3. The first kappa shape index (κ1) is 11.2. The minimum absolute atomic E-state index is 0.0588. The second kappa shape index (κ2) is 3.96. The van der Waals surface area contributed by atoms with Gasteiger partial charge in [-0.2, -0.15) is 5.10 Å². The Morgan fingerprint density at radius 2 is 2.06 bits per heavy atom. The van der Waals surface area contributed by atoms with Crippen LogP contribution in [-0.2, 0) is 0 Å². The molecular weight excluding hydrogens is 237 g/mol. The van der Waals surface area contributed by atoms with E-state index >= 15 is 0 Å². The quantitative estimate of drug-likeness (QED) is 0.846. The molecule has 0 aliphatic rings. The summed E-state index contributed by atoms with van der Waals surface area (Å²) in [5.41, 5.74) is 5.90. The number of aromatic amines is 1. The number of pyridine rings is 1. The second-order valence-corrected chi connectivity index (χ2v) is 3.14. The van der Waals surface area contributed by atoms with Gasteiger partial charge < -0.3 is 10.5 Å². The average Bonchev–Trinajstić information content (AvgIpc) is 2.68. The van der Waals surface area contributed by atoms with E-state index in [9.17, 15) is 13.2 Å². The molecule has 0 spiro atoms. The standard InChI is InChI=1S/C9H7F3N4O/c10-9(11,12)17-7-1-8(13)14-4-6(7)5-2-15-16-3-5/h1-4H,(H2,13,14)(H,15,16). The van der Waals surface area contributed by atoms with E-state index < -0.39 is 12.1 Å².